The second-order valence-electron chi connectivity index (χ2n) is 6.07. The van der Waals surface area contributed by atoms with Gasteiger partial charge < -0.3 is 19.9 Å². The quantitative estimate of drug-likeness (QED) is 0.665. The molecular formula is C15H31NO3. The van der Waals surface area contributed by atoms with E-state index in [1.807, 2.05) is 0 Å². The van der Waals surface area contributed by atoms with Crippen molar-refractivity contribution in [2.75, 3.05) is 19.8 Å². The summed E-state index contributed by atoms with van der Waals surface area (Å²) in [4.78, 5) is 0. The number of aliphatic hydroxyl groups excluding tert-OH is 1. The summed E-state index contributed by atoms with van der Waals surface area (Å²) in [6, 6.07) is 0. The van der Waals surface area contributed by atoms with Crippen molar-refractivity contribution in [1.29, 1.82) is 0 Å². The van der Waals surface area contributed by atoms with Crippen molar-refractivity contribution in [1.82, 2.24) is 5.32 Å². The molecule has 114 valence electrons. The van der Waals surface area contributed by atoms with Gasteiger partial charge in [0.15, 0.2) is 0 Å². The van der Waals surface area contributed by atoms with Crippen LogP contribution in [0.2, 0.25) is 0 Å². The maximum atomic E-state index is 9.41. The van der Waals surface area contributed by atoms with E-state index in [0.29, 0.717) is 18.3 Å². The number of ether oxygens (including phenoxy) is 2. The SMILES string of the molecule is CCNC(C)(CO)CCCOC1CC(C)OC(C)C1. The highest BCUT2D eigenvalue weighted by Gasteiger charge is 2.25. The van der Waals surface area contributed by atoms with Crippen molar-refractivity contribution in [2.45, 2.75) is 77.2 Å². The lowest BCUT2D eigenvalue weighted by Crippen LogP contribution is -2.45. The third-order valence-corrected chi connectivity index (χ3v) is 3.83. The van der Waals surface area contributed by atoms with Gasteiger partial charge in [0.05, 0.1) is 24.9 Å². The zero-order valence-corrected chi connectivity index (χ0v) is 12.9. The first-order valence-electron chi connectivity index (χ1n) is 7.62. The normalized spacial score (nSPS) is 31.1. The molecule has 3 atom stereocenters. The average Bonchev–Trinajstić information content (AvgIpc) is 2.34. The van der Waals surface area contributed by atoms with Crippen LogP contribution in [-0.2, 0) is 9.47 Å². The Labute approximate surface area is 117 Å². The van der Waals surface area contributed by atoms with Crippen molar-refractivity contribution in [3.63, 3.8) is 0 Å². The molecule has 19 heavy (non-hydrogen) atoms. The summed E-state index contributed by atoms with van der Waals surface area (Å²) < 4.78 is 11.7. The number of likely N-dealkylation sites (N-methyl/N-ethyl adjacent to an activating group) is 1. The fourth-order valence-electron chi connectivity index (χ4n) is 2.84. The lowest BCUT2D eigenvalue weighted by molar-refractivity contribution is -0.102. The molecule has 4 nitrogen and oxygen atoms in total. The minimum Gasteiger partial charge on any atom is -0.394 e. The Morgan fingerprint density at radius 3 is 2.47 bits per heavy atom. The van der Waals surface area contributed by atoms with Gasteiger partial charge in [0.25, 0.3) is 0 Å². The standard InChI is InChI=1S/C15H31NO3/c1-5-16-15(4,11-17)7-6-8-18-14-9-12(2)19-13(3)10-14/h12-14,16-17H,5-11H2,1-4H3. The summed E-state index contributed by atoms with van der Waals surface area (Å²) in [6.45, 7) is 10.2. The zero-order chi connectivity index (χ0) is 14.3. The lowest BCUT2D eigenvalue weighted by Gasteiger charge is -2.32. The van der Waals surface area contributed by atoms with Gasteiger partial charge in [-0.2, -0.15) is 0 Å². The molecule has 0 aromatic heterocycles. The van der Waals surface area contributed by atoms with E-state index in [4.69, 9.17) is 9.47 Å². The number of hydrogen-bond acceptors (Lipinski definition) is 4. The molecule has 1 aliphatic heterocycles. The Hall–Kier alpha value is -0.160. The Kier molecular flexibility index (Phi) is 7.29. The fraction of sp³-hybridized carbons (Fsp3) is 1.00. The van der Waals surface area contributed by atoms with Crippen molar-refractivity contribution >= 4 is 0 Å². The topological polar surface area (TPSA) is 50.7 Å². The summed E-state index contributed by atoms with van der Waals surface area (Å²) in [5.74, 6) is 0. The van der Waals surface area contributed by atoms with Crippen LogP contribution in [-0.4, -0.2) is 48.7 Å². The van der Waals surface area contributed by atoms with Crippen molar-refractivity contribution in [3.05, 3.63) is 0 Å². The molecular weight excluding hydrogens is 242 g/mol. The van der Waals surface area contributed by atoms with Crippen LogP contribution in [0.3, 0.4) is 0 Å². The Balaban J connectivity index is 2.19. The lowest BCUT2D eigenvalue weighted by atomic mass is 9.97. The van der Waals surface area contributed by atoms with Gasteiger partial charge in [-0.05, 0) is 53.0 Å². The van der Waals surface area contributed by atoms with Crippen LogP contribution in [0.1, 0.15) is 53.4 Å². The van der Waals surface area contributed by atoms with Crippen LogP contribution in [0.4, 0.5) is 0 Å². The van der Waals surface area contributed by atoms with Crippen LogP contribution in [0.5, 0.6) is 0 Å². The molecule has 1 aliphatic rings. The van der Waals surface area contributed by atoms with Crippen LogP contribution in [0, 0.1) is 0 Å². The molecule has 3 unspecified atom stereocenters. The van der Waals surface area contributed by atoms with Crippen molar-refractivity contribution < 1.29 is 14.6 Å². The van der Waals surface area contributed by atoms with E-state index < -0.39 is 0 Å². The van der Waals surface area contributed by atoms with Crippen LogP contribution < -0.4 is 5.32 Å². The second-order valence-corrected chi connectivity index (χ2v) is 6.07. The van der Waals surface area contributed by atoms with Gasteiger partial charge in [0.1, 0.15) is 0 Å². The molecule has 1 heterocycles. The molecule has 0 spiro atoms. The molecule has 1 saturated heterocycles. The molecule has 4 heteroatoms. The Bertz CT molecular complexity index is 240. The monoisotopic (exact) mass is 273 g/mol. The number of nitrogens with one attached hydrogen (secondary N) is 1. The van der Waals surface area contributed by atoms with Crippen LogP contribution >= 0.6 is 0 Å². The summed E-state index contributed by atoms with van der Waals surface area (Å²) in [7, 11) is 0. The summed E-state index contributed by atoms with van der Waals surface area (Å²) in [5, 5.41) is 12.7. The number of rotatable bonds is 8. The average molecular weight is 273 g/mol. The van der Waals surface area contributed by atoms with E-state index in [9.17, 15) is 5.11 Å². The fourth-order valence-corrected chi connectivity index (χ4v) is 2.84. The predicted octanol–water partition coefficient (Wildman–Crippen LogP) is 2.10. The van der Waals surface area contributed by atoms with E-state index in [-0.39, 0.29) is 12.1 Å². The molecule has 0 bridgehead atoms. The summed E-state index contributed by atoms with van der Waals surface area (Å²) in [6.07, 6.45) is 4.84. The van der Waals surface area contributed by atoms with E-state index in [0.717, 1.165) is 38.8 Å². The summed E-state index contributed by atoms with van der Waals surface area (Å²) >= 11 is 0. The Morgan fingerprint density at radius 2 is 1.95 bits per heavy atom. The molecule has 1 fully saturated rings. The molecule has 0 aliphatic carbocycles. The van der Waals surface area contributed by atoms with Gasteiger partial charge in [-0.25, -0.2) is 0 Å². The minimum absolute atomic E-state index is 0.172. The maximum Gasteiger partial charge on any atom is 0.0624 e. The highest BCUT2D eigenvalue weighted by atomic mass is 16.5. The maximum absolute atomic E-state index is 9.41. The highest BCUT2D eigenvalue weighted by Crippen LogP contribution is 2.22. The zero-order valence-electron chi connectivity index (χ0n) is 12.9. The summed E-state index contributed by atoms with van der Waals surface area (Å²) in [5.41, 5.74) is -0.172. The third kappa shape index (κ3) is 6.21. The highest BCUT2D eigenvalue weighted by molar-refractivity contribution is 4.81. The largest absolute Gasteiger partial charge is 0.394 e. The van der Waals surface area contributed by atoms with Gasteiger partial charge >= 0.3 is 0 Å². The molecule has 0 amide bonds. The van der Waals surface area contributed by atoms with E-state index in [1.54, 1.807) is 0 Å². The van der Waals surface area contributed by atoms with E-state index in [2.05, 4.69) is 33.0 Å². The molecule has 0 radical (unpaired) electrons. The van der Waals surface area contributed by atoms with Gasteiger partial charge in [0, 0.05) is 12.1 Å². The van der Waals surface area contributed by atoms with Gasteiger partial charge in [-0.3, -0.25) is 0 Å². The first kappa shape index (κ1) is 16.9. The number of aliphatic hydroxyl groups is 1. The molecule has 2 N–H and O–H groups in total. The first-order valence-corrected chi connectivity index (χ1v) is 7.62. The van der Waals surface area contributed by atoms with Crippen LogP contribution in [0.25, 0.3) is 0 Å². The second kappa shape index (κ2) is 8.20. The smallest absolute Gasteiger partial charge is 0.0624 e. The minimum atomic E-state index is -0.172. The predicted molar refractivity (Wildman–Crippen MR) is 77.4 cm³/mol. The van der Waals surface area contributed by atoms with Crippen LogP contribution in [0.15, 0.2) is 0 Å². The Morgan fingerprint density at radius 1 is 1.32 bits per heavy atom. The van der Waals surface area contributed by atoms with Gasteiger partial charge in [0.2, 0.25) is 0 Å². The van der Waals surface area contributed by atoms with Crippen molar-refractivity contribution in [2.24, 2.45) is 0 Å². The third-order valence-electron chi connectivity index (χ3n) is 3.83. The van der Waals surface area contributed by atoms with E-state index in [1.165, 1.54) is 0 Å². The molecule has 0 saturated carbocycles. The first-order chi connectivity index (χ1) is 8.99. The van der Waals surface area contributed by atoms with Gasteiger partial charge in [-0.15, -0.1) is 0 Å². The van der Waals surface area contributed by atoms with Gasteiger partial charge in [-0.1, -0.05) is 6.92 Å². The molecule has 0 aromatic rings. The number of hydrogen-bond donors (Lipinski definition) is 2. The molecule has 1 rings (SSSR count). The molecule has 0 aromatic carbocycles. The van der Waals surface area contributed by atoms with E-state index >= 15 is 0 Å². The van der Waals surface area contributed by atoms with Crippen molar-refractivity contribution in [3.8, 4) is 0 Å².